The highest BCUT2D eigenvalue weighted by Crippen LogP contribution is 2.22. The van der Waals surface area contributed by atoms with Crippen molar-refractivity contribution in [2.24, 2.45) is 0 Å². The van der Waals surface area contributed by atoms with E-state index in [0.717, 1.165) is 6.07 Å². The van der Waals surface area contributed by atoms with Crippen LogP contribution in [0.25, 0.3) is 0 Å². The summed E-state index contributed by atoms with van der Waals surface area (Å²) in [6.45, 7) is 0.195. The van der Waals surface area contributed by atoms with Crippen molar-refractivity contribution in [2.75, 3.05) is 19.0 Å². The topological polar surface area (TPSA) is 87.7 Å². The van der Waals surface area contributed by atoms with E-state index in [1.165, 1.54) is 19.2 Å². The third-order valence-electron chi connectivity index (χ3n) is 2.39. The molecule has 0 aromatic heterocycles. The molecule has 1 aromatic carbocycles. The number of hydrogen-bond donors (Lipinski definition) is 3. The summed E-state index contributed by atoms with van der Waals surface area (Å²) in [4.78, 5) is 22.6. The highest BCUT2D eigenvalue weighted by atomic mass is 79.9. The van der Waals surface area contributed by atoms with Crippen molar-refractivity contribution in [3.05, 3.63) is 28.5 Å². The van der Waals surface area contributed by atoms with Crippen molar-refractivity contribution in [1.82, 2.24) is 5.32 Å². The maximum atomic E-state index is 13.1. The molecule has 0 saturated carbocycles. The van der Waals surface area contributed by atoms with Crippen molar-refractivity contribution < 1.29 is 23.8 Å². The Hall–Kier alpha value is -1.67. The minimum Gasteiger partial charge on any atom is -0.480 e. The minimum atomic E-state index is -1.17. The highest BCUT2D eigenvalue weighted by molar-refractivity contribution is 9.10. The number of rotatable bonds is 6. The Morgan fingerprint density at radius 2 is 2.20 bits per heavy atom. The van der Waals surface area contributed by atoms with Crippen molar-refractivity contribution in [3.63, 3.8) is 0 Å². The second-order valence-electron chi connectivity index (χ2n) is 3.89. The summed E-state index contributed by atoms with van der Waals surface area (Å²) in [5, 5.41) is 13.6. The Balaban J connectivity index is 2.65. The molecule has 0 saturated heterocycles. The van der Waals surface area contributed by atoms with Gasteiger partial charge in [0.15, 0.2) is 0 Å². The number of amides is 2. The Morgan fingerprint density at radius 3 is 2.80 bits per heavy atom. The number of benzene rings is 1. The van der Waals surface area contributed by atoms with Gasteiger partial charge in [0.25, 0.3) is 0 Å². The largest absolute Gasteiger partial charge is 0.480 e. The quantitative estimate of drug-likeness (QED) is 0.735. The van der Waals surface area contributed by atoms with Gasteiger partial charge in [0.05, 0.1) is 5.69 Å². The van der Waals surface area contributed by atoms with Crippen LogP contribution >= 0.6 is 15.9 Å². The van der Waals surface area contributed by atoms with E-state index in [0.29, 0.717) is 4.47 Å². The first-order valence-electron chi connectivity index (χ1n) is 5.68. The molecule has 6 nitrogen and oxygen atoms in total. The number of carboxylic acids is 1. The smallest absolute Gasteiger partial charge is 0.326 e. The molecule has 8 heteroatoms. The second-order valence-corrected chi connectivity index (χ2v) is 4.75. The molecule has 1 rings (SSSR count). The Bertz CT molecular complexity index is 498. The van der Waals surface area contributed by atoms with Crippen LogP contribution in [0.15, 0.2) is 22.7 Å². The number of nitrogens with one attached hydrogen (secondary N) is 2. The molecule has 0 aliphatic rings. The molecule has 0 radical (unpaired) electrons. The van der Waals surface area contributed by atoms with Crippen molar-refractivity contribution >= 4 is 33.6 Å². The summed E-state index contributed by atoms with van der Waals surface area (Å²) in [6, 6.07) is 1.97. The standard InChI is InChI=1S/C12H14BrFN2O4/c1-20-5-4-9(11(17)18)15-12(19)16-10-6-7(14)2-3-8(10)13/h2-3,6,9H,4-5H2,1H3,(H,17,18)(H2,15,16,19). The molecule has 1 atom stereocenters. The first kappa shape index (κ1) is 16.4. The van der Waals surface area contributed by atoms with Crippen molar-refractivity contribution in [1.29, 1.82) is 0 Å². The first-order valence-corrected chi connectivity index (χ1v) is 6.47. The van der Waals surface area contributed by atoms with Crippen LogP contribution in [0.1, 0.15) is 6.42 Å². The number of urea groups is 1. The van der Waals surface area contributed by atoms with E-state index in [1.807, 2.05) is 0 Å². The summed E-state index contributed by atoms with van der Waals surface area (Å²) < 4.78 is 18.3. The number of carbonyl (C=O) groups excluding carboxylic acids is 1. The summed E-state index contributed by atoms with van der Waals surface area (Å²) in [6.07, 6.45) is 0.129. The molecule has 2 amide bonds. The number of carboxylic acid groups (broad SMARTS) is 1. The highest BCUT2D eigenvalue weighted by Gasteiger charge is 2.19. The van der Waals surface area contributed by atoms with E-state index >= 15 is 0 Å². The zero-order valence-corrected chi connectivity index (χ0v) is 12.2. The molecule has 0 aliphatic carbocycles. The zero-order chi connectivity index (χ0) is 15.1. The minimum absolute atomic E-state index is 0.129. The molecule has 110 valence electrons. The molecule has 0 aliphatic heterocycles. The van der Waals surface area contributed by atoms with Crippen LogP contribution < -0.4 is 10.6 Å². The van der Waals surface area contributed by atoms with Gasteiger partial charge < -0.3 is 20.5 Å². The number of carbonyl (C=O) groups is 2. The van der Waals surface area contributed by atoms with Gasteiger partial charge in [-0.15, -0.1) is 0 Å². The van der Waals surface area contributed by atoms with Crippen molar-refractivity contribution in [2.45, 2.75) is 12.5 Å². The van der Waals surface area contributed by atoms with Crippen LogP contribution in [0, 0.1) is 5.82 Å². The number of aliphatic carboxylic acids is 1. The number of anilines is 1. The van der Waals surface area contributed by atoms with Crippen molar-refractivity contribution in [3.8, 4) is 0 Å². The van der Waals surface area contributed by atoms with Crippen LogP contribution in [0.4, 0.5) is 14.9 Å². The Labute approximate surface area is 123 Å². The lowest BCUT2D eigenvalue weighted by Crippen LogP contribution is -2.43. The van der Waals surface area contributed by atoms with E-state index in [9.17, 15) is 14.0 Å². The Morgan fingerprint density at radius 1 is 1.50 bits per heavy atom. The molecular weight excluding hydrogens is 335 g/mol. The number of hydrogen-bond acceptors (Lipinski definition) is 3. The number of methoxy groups -OCH3 is 1. The van der Waals surface area contributed by atoms with E-state index in [-0.39, 0.29) is 18.7 Å². The van der Waals surface area contributed by atoms with E-state index in [1.54, 1.807) is 0 Å². The zero-order valence-electron chi connectivity index (χ0n) is 10.7. The molecule has 0 spiro atoms. The molecular formula is C12H14BrFN2O4. The predicted octanol–water partition coefficient (Wildman–Crippen LogP) is 2.20. The third kappa shape index (κ3) is 5.14. The molecule has 0 fully saturated rings. The lowest BCUT2D eigenvalue weighted by atomic mass is 10.2. The summed E-state index contributed by atoms with van der Waals surface area (Å²) >= 11 is 3.15. The van der Waals surface area contributed by atoms with Gasteiger partial charge in [-0.1, -0.05) is 0 Å². The van der Waals surface area contributed by atoms with E-state index < -0.39 is 23.9 Å². The van der Waals surface area contributed by atoms with Crippen LogP contribution in [0.5, 0.6) is 0 Å². The third-order valence-corrected chi connectivity index (χ3v) is 3.08. The maximum absolute atomic E-state index is 13.1. The maximum Gasteiger partial charge on any atom is 0.326 e. The number of halogens is 2. The summed E-state index contributed by atoms with van der Waals surface area (Å²) in [5.74, 6) is -1.69. The van der Waals surface area contributed by atoms with Gasteiger partial charge in [0, 0.05) is 24.6 Å². The molecule has 1 aromatic rings. The molecule has 20 heavy (non-hydrogen) atoms. The number of ether oxygens (including phenoxy) is 1. The van der Waals surface area contributed by atoms with Gasteiger partial charge in [-0.2, -0.15) is 0 Å². The van der Waals surface area contributed by atoms with Gasteiger partial charge in [-0.3, -0.25) is 0 Å². The molecule has 0 heterocycles. The van der Waals surface area contributed by atoms with Crippen LogP contribution in [-0.4, -0.2) is 36.9 Å². The van der Waals surface area contributed by atoms with Crippen LogP contribution in [-0.2, 0) is 9.53 Å². The van der Waals surface area contributed by atoms with E-state index in [4.69, 9.17) is 9.84 Å². The van der Waals surface area contributed by atoms with Crippen LogP contribution in [0.3, 0.4) is 0 Å². The lowest BCUT2D eigenvalue weighted by molar-refractivity contribution is -0.139. The van der Waals surface area contributed by atoms with Crippen LogP contribution in [0.2, 0.25) is 0 Å². The molecule has 3 N–H and O–H groups in total. The molecule has 1 unspecified atom stereocenters. The van der Waals surface area contributed by atoms with E-state index in [2.05, 4.69) is 26.6 Å². The predicted molar refractivity (Wildman–Crippen MR) is 74.2 cm³/mol. The van der Waals surface area contributed by atoms with Gasteiger partial charge in [0.2, 0.25) is 0 Å². The van der Waals surface area contributed by atoms with Gasteiger partial charge in [0.1, 0.15) is 11.9 Å². The second kappa shape index (κ2) is 7.81. The normalized spacial score (nSPS) is 11.8. The summed E-state index contributed by atoms with van der Waals surface area (Å²) in [7, 11) is 1.43. The average Bonchev–Trinajstić information content (AvgIpc) is 2.38. The first-order chi connectivity index (χ1) is 9.43. The lowest BCUT2D eigenvalue weighted by Gasteiger charge is -2.15. The van der Waals surface area contributed by atoms with Gasteiger partial charge >= 0.3 is 12.0 Å². The average molecular weight is 349 g/mol. The SMILES string of the molecule is COCCC(NC(=O)Nc1cc(F)ccc1Br)C(=O)O. The fourth-order valence-electron chi connectivity index (χ4n) is 1.40. The van der Waals surface area contributed by atoms with Gasteiger partial charge in [-0.05, 0) is 34.1 Å². The Kier molecular flexibility index (Phi) is 6.40. The fourth-order valence-corrected chi connectivity index (χ4v) is 1.75. The molecule has 0 bridgehead atoms. The summed E-state index contributed by atoms with van der Waals surface area (Å²) in [5.41, 5.74) is 0.207. The van der Waals surface area contributed by atoms with Gasteiger partial charge in [-0.25, -0.2) is 14.0 Å². The fraction of sp³-hybridized carbons (Fsp3) is 0.333. The monoisotopic (exact) mass is 348 g/mol.